The van der Waals surface area contributed by atoms with Gasteiger partial charge in [-0.1, -0.05) is 38.3 Å². The van der Waals surface area contributed by atoms with E-state index in [2.05, 4.69) is 12.2 Å². The van der Waals surface area contributed by atoms with Gasteiger partial charge in [0.05, 0.1) is 13.2 Å². The molecule has 0 aliphatic carbocycles. The second-order valence-electron chi connectivity index (χ2n) is 7.52. The van der Waals surface area contributed by atoms with Gasteiger partial charge < -0.3 is 30.7 Å². The molecule has 9 heteroatoms. The van der Waals surface area contributed by atoms with Gasteiger partial charge in [0.15, 0.2) is 6.10 Å². The number of carbonyl (C=O) groups excluding carboxylic acids is 1. The molecule has 0 spiro atoms. The lowest BCUT2D eigenvalue weighted by Crippen LogP contribution is -2.47. The Morgan fingerprint density at radius 1 is 1.00 bits per heavy atom. The zero-order chi connectivity index (χ0) is 24.2. The smallest absolute Gasteiger partial charge is 0.335 e. The highest BCUT2D eigenvalue weighted by Crippen LogP contribution is 2.17. The number of carbonyl (C=O) groups is 3. The Balaban J connectivity index is 1.91. The lowest BCUT2D eigenvalue weighted by Gasteiger charge is -2.17. The molecule has 0 saturated carbocycles. The number of unbranched alkanes of at least 4 members (excludes halogenated alkanes) is 3. The van der Waals surface area contributed by atoms with Crippen molar-refractivity contribution < 1.29 is 34.1 Å². The normalized spacial score (nSPS) is 12.5. The zero-order valence-electron chi connectivity index (χ0n) is 18.5. The molecule has 2 aromatic carbocycles. The Kier molecular flexibility index (Phi) is 10.3. The second kappa shape index (κ2) is 13.2. The summed E-state index contributed by atoms with van der Waals surface area (Å²) in [5.41, 5.74) is 6.85. The van der Waals surface area contributed by atoms with Crippen LogP contribution in [0.1, 0.15) is 48.5 Å². The van der Waals surface area contributed by atoms with Crippen LogP contribution < -0.4 is 15.8 Å². The van der Waals surface area contributed by atoms with Crippen LogP contribution in [0.4, 0.5) is 5.69 Å². The number of ether oxygens (including phenoxy) is 2. The van der Waals surface area contributed by atoms with Gasteiger partial charge in [-0.2, -0.15) is 0 Å². The summed E-state index contributed by atoms with van der Waals surface area (Å²) >= 11 is 0. The van der Waals surface area contributed by atoms with E-state index in [0.717, 1.165) is 12.8 Å². The number of rotatable bonds is 14. The maximum absolute atomic E-state index is 12.5. The predicted molar refractivity (Wildman–Crippen MR) is 122 cm³/mol. The summed E-state index contributed by atoms with van der Waals surface area (Å²) in [6, 6.07) is 11.7. The first-order chi connectivity index (χ1) is 15.8. The summed E-state index contributed by atoms with van der Waals surface area (Å²) in [6.45, 7) is 2.61. The van der Waals surface area contributed by atoms with Crippen LogP contribution in [0.3, 0.4) is 0 Å². The Bertz CT molecular complexity index is 931. The van der Waals surface area contributed by atoms with Gasteiger partial charge in [0.2, 0.25) is 0 Å². The molecule has 2 rings (SSSR count). The fraction of sp³-hybridized carbons (Fsp3) is 0.375. The number of carboxylic acid groups (broad SMARTS) is 2. The number of hydrogen-bond donors (Lipinski definition) is 4. The van der Waals surface area contributed by atoms with E-state index in [1.54, 1.807) is 48.5 Å². The first-order valence-corrected chi connectivity index (χ1v) is 10.8. The van der Waals surface area contributed by atoms with E-state index in [1.807, 2.05) is 0 Å². The summed E-state index contributed by atoms with van der Waals surface area (Å²) in [5, 5.41) is 20.8. The highest BCUT2D eigenvalue weighted by Gasteiger charge is 2.31. The van der Waals surface area contributed by atoms with Crippen LogP contribution in [-0.2, 0) is 20.9 Å². The van der Waals surface area contributed by atoms with Gasteiger partial charge in [0.1, 0.15) is 11.8 Å². The molecule has 9 nitrogen and oxygen atoms in total. The molecule has 0 aliphatic rings. The van der Waals surface area contributed by atoms with Crippen molar-refractivity contribution in [3.63, 3.8) is 0 Å². The highest BCUT2D eigenvalue weighted by molar-refractivity contribution is 6.04. The molecule has 2 atom stereocenters. The topological polar surface area (TPSA) is 148 Å². The molecule has 0 aliphatic heterocycles. The summed E-state index contributed by atoms with van der Waals surface area (Å²) < 4.78 is 10.9. The van der Waals surface area contributed by atoms with Crippen LogP contribution in [0, 0.1) is 0 Å². The number of hydrogen-bond acceptors (Lipinski definition) is 6. The number of benzene rings is 2. The van der Waals surface area contributed by atoms with Crippen molar-refractivity contribution >= 4 is 23.5 Å². The summed E-state index contributed by atoms with van der Waals surface area (Å²) in [5.74, 6) is -2.56. The van der Waals surface area contributed by atoms with Crippen LogP contribution in [0.15, 0.2) is 48.5 Å². The third-order valence-electron chi connectivity index (χ3n) is 4.85. The lowest BCUT2D eigenvalue weighted by atomic mass is 10.1. The van der Waals surface area contributed by atoms with Crippen molar-refractivity contribution in [2.45, 2.75) is 51.4 Å². The standard InChI is InChI=1S/C24H30N2O7/c1-2-3-4-5-13-32-19-11-9-17(10-12-19)22(27)26-18-8-6-7-16(14-18)15-33-21(24(30)31)20(25)23(28)29/h6-12,14,20-21H,2-5,13,15,25H2,1H3,(H,26,27)(H,28,29)(H,30,31)/t20-,21-/m0/s1. The number of nitrogens with one attached hydrogen (secondary N) is 1. The van der Waals surface area contributed by atoms with Gasteiger partial charge >= 0.3 is 11.9 Å². The van der Waals surface area contributed by atoms with Crippen LogP contribution in [0.2, 0.25) is 0 Å². The molecule has 0 aromatic heterocycles. The zero-order valence-corrected chi connectivity index (χ0v) is 18.5. The van der Waals surface area contributed by atoms with Crippen molar-refractivity contribution in [2.75, 3.05) is 11.9 Å². The molecule has 178 valence electrons. The van der Waals surface area contributed by atoms with Gasteiger partial charge in [-0.05, 0) is 48.4 Å². The number of aliphatic carboxylic acids is 2. The minimum atomic E-state index is -1.70. The van der Waals surface area contributed by atoms with Crippen LogP contribution in [0.25, 0.3) is 0 Å². The molecule has 33 heavy (non-hydrogen) atoms. The largest absolute Gasteiger partial charge is 0.494 e. The minimum absolute atomic E-state index is 0.189. The van der Waals surface area contributed by atoms with Crippen LogP contribution in [0.5, 0.6) is 5.75 Å². The first-order valence-electron chi connectivity index (χ1n) is 10.8. The Hall–Kier alpha value is -3.43. The van der Waals surface area contributed by atoms with Gasteiger partial charge in [-0.25, -0.2) is 4.79 Å². The Morgan fingerprint density at radius 3 is 2.36 bits per heavy atom. The van der Waals surface area contributed by atoms with Gasteiger partial charge in [0.25, 0.3) is 5.91 Å². The summed E-state index contributed by atoms with van der Waals surface area (Å²) in [6.07, 6.45) is 2.77. The number of nitrogens with two attached hydrogens (primary N) is 1. The van der Waals surface area contributed by atoms with E-state index in [0.29, 0.717) is 29.2 Å². The van der Waals surface area contributed by atoms with E-state index in [4.69, 9.17) is 25.4 Å². The molecule has 1 amide bonds. The van der Waals surface area contributed by atoms with Gasteiger partial charge in [0, 0.05) is 11.3 Å². The monoisotopic (exact) mass is 458 g/mol. The van der Waals surface area contributed by atoms with E-state index < -0.39 is 24.1 Å². The Morgan fingerprint density at radius 2 is 1.73 bits per heavy atom. The molecular weight excluding hydrogens is 428 g/mol. The average molecular weight is 459 g/mol. The summed E-state index contributed by atoms with van der Waals surface area (Å²) in [7, 11) is 0. The minimum Gasteiger partial charge on any atom is -0.494 e. The van der Waals surface area contributed by atoms with Crippen LogP contribution >= 0.6 is 0 Å². The van der Waals surface area contributed by atoms with E-state index >= 15 is 0 Å². The molecule has 0 fully saturated rings. The molecule has 0 radical (unpaired) electrons. The fourth-order valence-corrected chi connectivity index (χ4v) is 3.01. The van der Waals surface area contributed by atoms with Crippen molar-refractivity contribution in [3.8, 4) is 5.75 Å². The van der Waals surface area contributed by atoms with E-state index in [9.17, 15) is 14.4 Å². The highest BCUT2D eigenvalue weighted by atomic mass is 16.5. The fourth-order valence-electron chi connectivity index (χ4n) is 3.01. The first kappa shape index (κ1) is 25.8. The molecule has 0 unspecified atom stereocenters. The molecular formula is C24H30N2O7. The van der Waals surface area contributed by atoms with Crippen molar-refractivity contribution in [2.24, 2.45) is 5.73 Å². The van der Waals surface area contributed by atoms with Crippen LogP contribution in [-0.4, -0.2) is 46.8 Å². The van der Waals surface area contributed by atoms with Gasteiger partial charge in [-0.3, -0.25) is 9.59 Å². The van der Waals surface area contributed by atoms with Crippen molar-refractivity contribution in [3.05, 3.63) is 59.7 Å². The van der Waals surface area contributed by atoms with Crippen molar-refractivity contribution in [1.82, 2.24) is 0 Å². The number of amides is 1. The van der Waals surface area contributed by atoms with Gasteiger partial charge in [-0.15, -0.1) is 0 Å². The molecule has 0 bridgehead atoms. The molecule has 2 aromatic rings. The quantitative estimate of drug-likeness (QED) is 0.315. The molecule has 0 saturated heterocycles. The third-order valence-corrected chi connectivity index (χ3v) is 4.85. The maximum atomic E-state index is 12.5. The van der Waals surface area contributed by atoms with Crippen molar-refractivity contribution in [1.29, 1.82) is 0 Å². The average Bonchev–Trinajstić information content (AvgIpc) is 2.79. The van der Waals surface area contributed by atoms with E-state index in [-0.39, 0.29) is 12.5 Å². The second-order valence-corrected chi connectivity index (χ2v) is 7.52. The van der Waals surface area contributed by atoms with E-state index in [1.165, 1.54) is 12.8 Å². The summed E-state index contributed by atoms with van der Waals surface area (Å²) in [4.78, 5) is 34.7. The number of anilines is 1. The maximum Gasteiger partial charge on any atom is 0.335 e. The third kappa shape index (κ3) is 8.55. The SMILES string of the molecule is CCCCCCOc1ccc(C(=O)Nc2cccc(CO[C@H](C(=O)O)[C@H](N)C(=O)O)c2)cc1. The Labute approximate surface area is 192 Å². The molecule has 5 N–H and O–H groups in total. The lowest BCUT2D eigenvalue weighted by molar-refractivity contribution is -0.159. The number of carboxylic acids is 2. The predicted octanol–water partition coefficient (Wildman–Crippen LogP) is 3.28. The molecule has 0 heterocycles.